The molecule has 3 aliphatic rings. The maximum atomic E-state index is 14.3. The summed E-state index contributed by atoms with van der Waals surface area (Å²) in [4.78, 5) is 12.9. The predicted molar refractivity (Wildman–Crippen MR) is 97.8 cm³/mol. The van der Waals surface area contributed by atoms with Crippen molar-refractivity contribution >= 4 is 6.41 Å². The standard InChI is InChI=1S/C20H23FN4O/c21-18-4-3-15(13-22)12-17(18)16-5-10-24(11-6-16)25-8-1-2-19-20(25)7-9-23(19)14-26/h1-4,7-8,12,14,16H,5-6,9-11,13,22H2. The molecule has 0 saturated carbocycles. The lowest BCUT2D eigenvalue weighted by Gasteiger charge is -2.41. The van der Waals surface area contributed by atoms with E-state index in [1.165, 1.54) is 6.07 Å². The Morgan fingerprint density at radius 2 is 2.04 bits per heavy atom. The van der Waals surface area contributed by atoms with Crippen LogP contribution < -0.4 is 5.73 Å². The van der Waals surface area contributed by atoms with Gasteiger partial charge in [-0.05, 0) is 54.2 Å². The van der Waals surface area contributed by atoms with Crippen LogP contribution in [-0.2, 0) is 11.3 Å². The van der Waals surface area contributed by atoms with Gasteiger partial charge in [-0.25, -0.2) is 9.40 Å². The summed E-state index contributed by atoms with van der Waals surface area (Å²) in [6, 6.07) is 5.20. The molecule has 6 heteroatoms. The number of allylic oxidation sites excluding steroid dienone is 2. The van der Waals surface area contributed by atoms with Crippen LogP contribution in [-0.4, -0.2) is 41.0 Å². The Balaban J connectivity index is 1.46. The van der Waals surface area contributed by atoms with Crippen LogP contribution in [0.2, 0.25) is 0 Å². The minimum atomic E-state index is -0.135. The molecule has 0 spiro atoms. The van der Waals surface area contributed by atoms with E-state index < -0.39 is 0 Å². The molecule has 4 rings (SSSR count). The Hall–Kier alpha value is -2.44. The second-order valence-electron chi connectivity index (χ2n) is 6.87. The van der Waals surface area contributed by atoms with Gasteiger partial charge in [0.05, 0.1) is 11.4 Å². The highest BCUT2D eigenvalue weighted by atomic mass is 19.1. The van der Waals surface area contributed by atoms with Crippen molar-refractivity contribution in [3.05, 3.63) is 71.0 Å². The summed E-state index contributed by atoms with van der Waals surface area (Å²) >= 11 is 0. The number of benzene rings is 1. The van der Waals surface area contributed by atoms with Crippen molar-refractivity contribution in [1.29, 1.82) is 0 Å². The lowest BCUT2D eigenvalue weighted by atomic mass is 9.88. The molecule has 2 N–H and O–H groups in total. The molecule has 0 bridgehead atoms. The van der Waals surface area contributed by atoms with E-state index in [9.17, 15) is 9.18 Å². The third-order valence-corrected chi connectivity index (χ3v) is 5.42. The number of nitrogens with zero attached hydrogens (tertiary/aromatic N) is 3. The van der Waals surface area contributed by atoms with Crippen molar-refractivity contribution in [2.45, 2.75) is 25.3 Å². The molecule has 0 aromatic heterocycles. The van der Waals surface area contributed by atoms with Gasteiger partial charge in [-0.2, -0.15) is 0 Å². The van der Waals surface area contributed by atoms with Crippen LogP contribution in [0.1, 0.15) is 29.9 Å². The Bertz CT molecular complexity index is 793. The van der Waals surface area contributed by atoms with Gasteiger partial charge in [0, 0.05) is 32.4 Å². The van der Waals surface area contributed by atoms with E-state index in [0.29, 0.717) is 13.1 Å². The first-order valence-electron chi connectivity index (χ1n) is 9.04. The molecule has 1 saturated heterocycles. The first-order chi connectivity index (χ1) is 12.7. The topological polar surface area (TPSA) is 52.8 Å². The van der Waals surface area contributed by atoms with Gasteiger partial charge >= 0.3 is 0 Å². The highest BCUT2D eigenvalue weighted by Gasteiger charge is 2.31. The van der Waals surface area contributed by atoms with Crippen molar-refractivity contribution in [3.8, 4) is 0 Å². The van der Waals surface area contributed by atoms with Crippen LogP contribution in [0.3, 0.4) is 0 Å². The zero-order valence-electron chi connectivity index (χ0n) is 14.6. The van der Waals surface area contributed by atoms with Crippen LogP contribution in [0.15, 0.2) is 54.0 Å². The summed E-state index contributed by atoms with van der Waals surface area (Å²) in [7, 11) is 0. The second-order valence-corrected chi connectivity index (χ2v) is 6.87. The average molecular weight is 354 g/mol. The molecular formula is C20H23FN4O. The normalized spacial score (nSPS) is 20.8. The summed E-state index contributed by atoms with van der Waals surface area (Å²) < 4.78 is 14.3. The fraction of sp³-hybridized carbons (Fsp3) is 0.350. The number of hydrogen-bond acceptors (Lipinski definition) is 4. The van der Waals surface area contributed by atoms with Gasteiger partial charge in [-0.15, -0.1) is 0 Å². The maximum Gasteiger partial charge on any atom is 0.214 e. The largest absolute Gasteiger partial charge is 0.326 e. The fourth-order valence-electron chi connectivity index (χ4n) is 3.99. The number of halogens is 1. The highest BCUT2D eigenvalue weighted by Crippen LogP contribution is 2.35. The number of nitrogens with two attached hydrogens (primary N) is 1. The Morgan fingerprint density at radius 3 is 2.77 bits per heavy atom. The fourth-order valence-corrected chi connectivity index (χ4v) is 3.99. The summed E-state index contributed by atoms with van der Waals surface area (Å²) in [6.45, 7) is 2.72. The molecule has 0 aliphatic carbocycles. The quantitative estimate of drug-likeness (QED) is 0.844. The Labute approximate surface area is 152 Å². The SMILES string of the molecule is NCc1ccc(F)c(C2CCN(N3C=CC=C4C3=CCN4C=O)CC2)c1. The molecule has 1 fully saturated rings. The third-order valence-electron chi connectivity index (χ3n) is 5.42. The number of rotatable bonds is 4. The highest BCUT2D eigenvalue weighted by molar-refractivity contribution is 5.59. The molecule has 1 aromatic carbocycles. The summed E-state index contributed by atoms with van der Waals surface area (Å²) in [5.74, 6) is 0.0782. The van der Waals surface area contributed by atoms with Gasteiger partial charge in [0.1, 0.15) is 5.82 Å². The molecule has 3 aliphatic heterocycles. The van der Waals surface area contributed by atoms with E-state index in [4.69, 9.17) is 5.73 Å². The number of amides is 1. The molecule has 136 valence electrons. The number of hydrazine groups is 1. The zero-order chi connectivity index (χ0) is 18.1. The lowest BCUT2D eigenvalue weighted by molar-refractivity contribution is -0.115. The molecule has 0 radical (unpaired) electrons. The van der Waals surface area contributed by atoms with Gasteiger partial charge in [-0.3, -0.25) is 9.80 Å². The minimum absolute atomic E-state index is 0.135. The summed E-state index contributed by atoms with van der Waals surface area (Å²) in [6.07, 6.45) is 10.7. The van der Waals surface area contributed by atoms with Gasteiger partial charge in [0.2, 0.25) is 6.41 Å². The Morgan fingerprint density at radius 1 is 1.23 bits per heavy atom. The van der Waals surface area contributed by atoms with E-state index in [2.05, 4.69) is 16.1 Å². The average Bonchev–Trinajstić information content (AvgIpc) is 3.12. The van der Waals surface area contributed by atoms with Crippen LogP contribution in [0.5, 0.6) is 0 Å². The summed E-state index contributed by atoms with van der Waals surface area (Å²) in [5.41, 5.74) is 9.45. The monoisotopic (exact) mass is 354 g/mol. The molecule has 1 amide bonds. The molecule has 26 heavy (non-hydrogen) atoms. The zero-order valence-corrected chi connectivity index (χ0v) is 14.6. The Kier molecular flexibility index (Phi) is 4.61. The number of piperidine rings is 1. The van der Waals surface area contributed by atoms with E-state index in [1.54, 1.807) is 11.0 Å². The van der Waals surface area contributed by atoms with Crippen LogP contribution in [0.25, 0.3) is 0 Å². The van der Waals surface area contributed by atoms with E-state index >= 15 is 0 Å². The molecule has 0 unspecified atom stereocenters. The second kappa shape index (κ2) is 7.05. The van der Waals surface area contributed by atoms with Crippen LogP contribution in [0.4, 0.5) is 4.39 Å². The first kappa shape index (κ1) is 17.0. The number of carbonyl (C=O) groups excluding carboxylic acids is 1. The smallest absolute Gasteiger partial charge is 0.214 e. The molecule has 1 aromatic rings. The minimum Gasteiger partial charge on any atom is -0.326 e. The van der Waals surface area contributed by atoms with Gasteiger partial charge in [0.15, 0.2) is 0 Å². The van der Waals surface area contributed by atoms with E-state index in [1.807, 2.05) is 24.4 Å². The van der Waals surface area contributed by atoms with E-state index in [0.717, 1.165) is 54.9 Å². The third kappa shape index (κ3) is 2.95. The van der Waals surface area contributed by atoms with Crippen molar-refractivity contribution < 1.29 is 9.18 Å². The van der Waals surface area contributed by atoms with Crippen LogP contribution >= 0.6 is 0 Å². The summed E-state index contributed by atoms with van der Waals surface area (Å²) in [5, 5.41) is 4.40. The number of carbonyl (C=O) groups is 1. The van der Waals surface area contributed by atoms with Crippen LogP contribution in [0, 0.1) is 5.82 Å². The van der Waals surface area contributed by atoms with Gasteiger partial charge < -0.3 is 10.6 Å². The maximum absolute atomic E-state index is 14.3. The number of hydrogen-bond donors (Lipinski definition) is 1. The lowest BCUT2D eigenvalue weighted by Crippen LogP contribution is -2.44. The molecule has 0 atom stereocenters. The molecule has 5 nitrogen and oxygen atoms in total. The van der Waals surface area contributed by atoms with E-state index in [-0.39, 0.29) is 11.7 Å². The van der Waals surface area contributed by atoms with Gasteiger partial charge in [-0.1, -0.05) is 12.1 Å². The van der Waals surface area contributed by atoms with Crippen molar-refractivity contribution in [1.82, 2.24) is 14.9 Å². The molecule has 3 heterocycles. The predicted octanol–water partition coefficient (Wildman–Crippen LogP) is 2.45. The number of fused-ring (bicyclic) bond motifs is 1. The molecular weight excluding hydrogens is 331 g/mol. The van der Waals surface area contributed by atoms with Crippen molar-refractivity contribution in [3.63, 3.8) is 0 Å². The first-order valence-corrected chi connectivity index (χ1v) is 9.04. The van der Waals surface area contributed by atoms with Gasteiger partial charge in [0.25, 0.3) is 0 Å². The van der Waals surface area contributed by atoms with Crippen molar-refractivity contribution in [2.24, 2.45) is 5.73 Å². The van der Waals surface area contributed by atoms with Crippen molar-refractivity contribution in [2.75, 3.05) is 19.6 Å².